The minimum Gasteiger partial charge on any atom is -0.374 e. The maximum Gasteiger partial charge on any atom is 0.500 e. The quantitative estimate of drug-likeness (QED) is 0.176. The maximum atomic E-state index is 5.99. The SMILES string of the molecule is CCO[Si](OCC)(OCC)C([SiH3])CCNCCNCCNCCN. The zero-order valence-corrected chi connectivity index (χ0v) is 19.2. The standard InChI is InChI=1S/C15H40N4O3Si2/c1-4-20-24(21-5-2,22-6-3)15(23)7-9-17-11-13-19-14-12-18-10-8-16/h15,17-19H,4-14,16H2,1-3,23H3. The van der Waals surface area contributed by atoms with Crippen LogP contribution in [0.1, 0.15) is 27.2 Å². The molecule has 1 atom stereocenters. The molecule has 0 spiro atoms. The molecule has 0 rings (SSSR count). The van der Waals surface area contributed by atoms with E-state index in [-0.39, 0.29) is 0 Å². The van der Waals surface area contributed by atoms with Crippen molar-refractivity contribution in [2.24, 2.45) is 5.73 Å². The summed E-state index contributed by atoms with van der Waals surface area (Å²) in [5.74, 6) is 0. The summed E-state index contributed by atoms with van der Waals surface area (Å²) in [6.07, 6.45) is 1.05. The van der Waals surface area contributed by atoms with E-state index in [1.54, 1.807) is 0 Å². The van der Waals surface area contributed by atoms with Crippen molar-refractivity contribution < 1.29 is 13.3 Å². The van der Waals surface area contributed by atoms with Crippen LogP contribution in [0.5, 0.6) is 0 Å². The highest BCUT2D eigenvalue weighted by molar-refractivity contribution is 6.69. The van der Waals surface area contributed by atoms with Crippen molar-refractivity contribution in [2.45, 2.75) is 32.4 Å². The lowest BCUT2D eigenvalue weighted by molar-refractivity contribution is 0.0673. The fraction of sp³-hybridized carbons (Fsp3) is 1.00. The molecule has 0 aromatic rings. The summed E-state index contributed by atoms with van der Waals surface area (Å²) in [6, 6.07) is 0. The van der Waals surface area contributed by atoms with E-state index >= 15 is 0 Å². The third-order valence-corrected chi connectivity index (χ3v) is 9.94. The third kappa shape index (κ3) is 10.9. The van der Waals surface area contributed by atoms with Crippen molar-refractivity contribution in [3.05, 3.63) is 0 Å². The predicted molar refractivity (Wildman–Crippen MR) is 107 cm³/mol. The van der Waals surface area contributed by atoms with Crippen molar-refractivity contribution in [1.29, 1.82) is 0 Å². The molecule has 0 radical (unpaired) electrons. The minimum atomic E-state index is -2.51. The van der Waals surface area contributed by atoms with Gasteiger partial charge in [0.1, 0.15) is 0 Å². The van der Waals surface area contributed by atoms with Crippen LogP contribution in [0.25, 0.3) is 0 Å². The first-order valence-corrected chi connectivity index (χ1v) is 12.4. The second-order valence-corrected chi connectivity index (χ2v) is 11.2. The Hall–Kier alpha value is 0.154. The first-order chi connectivity index (χ1) is 11.7. The molecule has 0 aliphatic heterocycles. The zero-order chi connectivity index (χ0) is 18.1. The van der Waals surface area contributed by atoms with Crippen molar-refractivity contribution in [3.63, 3.8) is 0 Å². The zero-order valence-electron chi connectivity index (χ0n) is 16.2. The third-order valence-electron chi connectivity index (χ3n) is 3.67. The van der Waals surface area contributed by atoms with Gasteiger partial charge in [0, 0.05) is 74.5 Å². The first-order valence-electron chi connectivity index (χ1n) is 9.40. The van der Waals surface area contributed by atoms with Gasteiger partial charge in [-0.25, -0.2) is 0 Å². The molecule has 0 aromatic carbocycles. The lowest BCUT2D eigenvalue weighted by Gasteiger charge is -2.33. The van der Waals surface area contributed by atoms with E-state index in [1.165, 1.54) is 0 Å². The summed E-state index contributed by atoms with van der Waals surface area (Å²) >= 11 is 0. The smallest absolute Gasteiger partial charge is 0.374 e. The fourth-order valence-corrected chi connectivity index (χ4v) is 7.08. The molecule has 0 fully saturated rings. The van der Waals surface area contributed by atoms with Gasteiger partial charge in [0.25, 0.3) is 0 Å². The van der Waals surface area contributed by atoms with Crippen LogP contribution in [0.4, 0.5) is 0 Å². The average Bonchev–Trinajstić information content (AvgIpc) is 2.57. The van der Waals surface area contributed by atoms with Crippen LogP contribution in [0.2, 0.25) is 5.16 Å². The van der Waals surface area contributed by atoms with Crippen molar-refractivity contribution in [2.75, 3.05) is 65.6 Å². The minimum absolute atomic E-state index is 0.429. The van der Waals surface area contributed by atoms with E-state index in [0.29, 0.717) is 31.5 Å². The lowest BCUT2D eigenvalue weighted by Crippen LogP contribution is -2.51. The van der Waals surface area contributed by atoms with Gasteiger partial charge in [-0.3, -0.25) is 0 Å². The molecular formula is C15H40N4O3Si2. The Morgan fingerprint density at radius 3 is 1.62 bits per heavy atom. The Kier molecular flexibility index (Phi) is 16.7. The molecule has 0 bridgehead atoms. The highest BCUT2D eigenvalue weighted by atomic mass is 28.4. The Morgan fingerprint density at radius 2 is 1.21 bits per heavy atom. The number of hydrogen-bond acceptors (Lipinski definition) is 7. The predicted octanol–water partition coefficient (Wildman–Crippen LogP) is -1.15. The molecule has 0 aromatic heterocycles. The van der Waals surface area contributed by atoms with E-state index in [9.17, 15) is 0 Å². The second-order valence-electron chi connectivity index (χ2n) is 5.63. The van der Waals surface area contributed by atoms with Gasteiger partial charge in [-0.05, 0) is 33.7 Å². The van der Waals surface area contributed by atoms with E-state index < -0.39 is 8.80 Å². The van der Waals surface area contributed by atoms with Crippen LogP contribution in [-0.4, -0.2) is 84.7 Å². The number of hydrogen-bond donors (Lipinski definition) is 4. The molecular weight excluding hydrogens is 340 g/mol. The average molecular weight is 381 g/mol. The molecule has 0 saturated carbocycles. The molecule has 0 heterocycles. The van der Waals surface area contributed by atoms with Crippen molar-refractivity contribution in [3.8, 4) is 0 Å². The summed E-state index contributed by atoms with van der Waals surface area (Å²) in [5, 5.41) is 10.6. The topological polar surface area (TPSA) is 89.8 Å². The lowest BCUT2D eigenvalue weighted by atomic mass is 10.4. The summed E-state index contributed by atoms with van der Waals surface area (Å²) in [6.45, 7) is 14.4. The molecule has 0 saturated heterocycles. The van der Waals surface area contributed by atoms with Crippen LogP contribution in [0, 0.1) is 0 Å². The first kappa shape index (κ1) is 24.2. The van der Waals surface area contributed by atoms with E-state index in [0.717, 1.165) is 55.9 Å². The molecule has 24 heavy (non-hydrogen) atoms. The van der Waals surface area contributed by atoms with Crippen LogP contribution < -0.4 is 21.7 Å². The largest absolute Gasteiger partial charge is 0.500 e. The summed E-state index contributed by atoms with van der Waals surface area (Å²) in [4.78, 5) is 0. The molecule has 146 valence electrons. The molecule has 0 aliphatic carbocycles. The number of nitrogens with two attached hydrogens (primary N) is 1. The maximum absolute atomic E-state index is 5.99. The van der Waals surface area contributed by atoms with Crippen LogP contribution >= 0.6 is 0 Å². The van der Waals surface area contributed by atoms with Crippen molar-refractivity contribution >= 4 is 19.0 Å². The molecule has 9 heteroatoms. The van der Waals surface area contributed by atoms with Gasteiger partial charge in [-0.1, -0.05) is 0 Å². The summed E-state index contributed by atoms with van der Waals surface area (Å²) in [7, 11) is -1.48. The molecule has 1 unspecified atom stereocenters. The van der Waals surface area contributed by atoms with Gasteiger partial charge in [0.05, 0.1) is 0 Å². The van der Waals surface area contributed by atoms with Gasteiger partial charge in [0.15, 0.2) is 0 Å². The van der Waals surface area contributed by atoms with E-state index in [1.807, 2.05) is 20.8 Å². The molecule has 0 amide bonds. The van der Waals surface area contributed by atoms with E-state index in [2.05, 4.69) is 16.0 Å². The van der Waals surface area contributed by atoms with Crippen LogP contribution in [0.15, 0.2) is 0 Å². The van der Waals surface area contributed by atoms with E-state index in [4.69, 9.17) is 19.0 Å². The van der Waals surface area contributed by atoms with Crippen molar-refractivity contribution in [1.82, 2.24) is 16.0 Å². The second kappa shape index (κ2) is 16.6. The molecule has 5 N–H and O–H groups in total. The van der Waals surface area contributed by atoms with Gasteiger partial charge < -0.3 is 35.0 Å². The van der Waals surface area contributed by atoms with Gasteiger partial charge >= 0.3 is 8.80 Å². The summed E-state index contributed by atoms with van der Waals surface area (Å²) < 4.78 is 18.0. The van der Waals surface area contributed by atoms with Gasteiger partial charge in [-0.2, -0.15) is 0 Å². The van der Waals surface area contributed by atoms with Gasteiger partial charge in [0.2, 0.25) is 0 Å². The summed E-state index contributed by atoms with van der Waals surface area (Å²) in [5.41, 5.74) is 5.42. The Morgan fingerprint density at radius 1 is 0.792 bits per heavy atom. The van der Waals surface area contributed by atoms with Gasteiger partial charge in [-0.15, -0.1) is 0 Å². The highest BCUT2D eigenvalue weighted by Gasteiger charge is 2.46. The van der Waals surface area contributed by atoms with Crippen LogP contribution in [0.3, 0.4) is 0 Å². The number of nitrogens with one attached hydrogen (secondary N) is 3. The normalized spacial score (nSPS) is 13.5. The molecule has 0 aliphatic rings. The monoisotopic (exact) mass is 380 g/mol. The highest BCUT2D eigenvalue weighted by Crippen LogP contribution is 2.25. The molecule has 7 nitrogen and oxygen atoms in total. The van der Waals surface area contributed by atoms with Crippen LogP contribution in [-0.2, 0) is 13.3 Å². The fourth-order valence-electron chi connectivity index (χ4n) is 2.48. The number of rotatable bonds is 18. The Labute approximate surface area is 152 Å². The Bertz CT molecular complexity index is 262. The Balaban J connectivity index is 3.89.